The van der Waals surface area contributed by atoms with Crippen LogP contribution in [0.2, 0.25) is 0 Å². The summed E-state index contributed by atoms with van der Waals surface area (Å²) in [5.41, 5.74) is 2.26. The molecule has 1 N–H and O–H groups in total. The van der Waals surface area contributed by atoms with Crippen LogP contribution in [0.5, 0.6) is 5.75 Å². The summed E-state index contributed by atoms with van der Waals surface area (Å²) in [5, 5.41) is 2.71. The quantitative estimate of drug-likeness (QED) is 0.438. The zero-order valence-corrected chi connectivity index (χ0v) is 16.7. The largest absolute Gasteiger partial charge is 0.494 e. The highest BCUT2D eigenvalue weighted by Crippen LogP contribution is 2.14. The molecule has 150 valence electrons. The molecule has 0 saturated heterocycles. The normalized spacial score (nSPS) is 10.4. The minimum atomic E-state index is -0.536. The summed E-state index contributed by atoms with van der Waals surface area (Å²) in [6, 6.07) is 14.3. The Hall–Kier alpha value is -2.82. The zero-order valence-electron chi connectivity index (χ0n) is 16.7. The van der Waals surface area contributed by atoms with Crippen LogP contribution in [0.1, 0.15) is 55.5 Å². The molecule has 5 heteroatoms. The van der Waals surface area contributed by atoms with Crippen molar-refractivity contribution in [3.63, 3.8) is 0 Å². The molecule has 2 aromatic carbocycles. The van der Waals surface area contributed by atoms with E-state index in [2.05, 4.69) is 19.2 Å². The van der Waals surface area contributed by atoms with Crippen LogP contribution < -0.4 is 10.1 Å². The number of anilines is 1. The van der Waals surface area contributed by atoms with Crippen molar-refractivity contribution in [3.05, 3.63) is 59.7 Å². The van der Waals surface area contributed by atoms with Gasteiger partial charge in [-0.2, -0.15) is 0 Å². The van der Waals surface area contributed by atoms with E-state index in [4.69, 9.17) is 9.47 Å². The summed E-state index contributed by atoms with van der Waals surface area (Å²) < 4.78 is 10.7. The summed E-state index contributed by atoms with van der Waals surface area (Å²) >= 11 is 0. The number of nitrogens with one attached hydrogen (secondary N) is 1. The minimum absolute atomic E-state index is 0.329. The highest BCUT2D eigenvalue weighted by Gasteiger charge is 2.10. The monoisotopic (exact) mass is 383 g/mol. The maximum atomic E-state index is 12.1. The molecule has 0 saturated carbocycles. The Kier molecular flexibility index (Phi) is 9.05. The molecule has 1 amide bonds. The second-order valence-electron chi connectivity index (χ2n) is 6.61. The van der Waals surface area contributed by atoms with Gasteiger partial charge in [-0.05, 0) is 54.8 Å². The summed E-state index contributed by atoms with van der Waals surface area (Å²) in [4.78, 5) is 24.0. The number of benzene rings is 2. The molecule has 0 aliphatic carbocycles. The van der Waals surface area contributed by atoms with Gasteiger partial charge in [0.2, 0.25) is 0 Å². The summed E-state index contributed by atoms with van der Waals surface area (Å²) in [6.07, 6.45) is 5.53. The molecule has 0 heterocycles. The van der Waals surface area contributed by atoms with E-state index in [1.54, 1.807) is 24.3 Å². The molecule has 0 unspecified atom stereocenters. The van der Waals surface area contributed by atoms with Gasteiger partial charge in [0, 0.05) is 5.69 Å². The third kappa shape index (κ3) is 7.43. The van der Waals surface area contributed by atoms with Crippen molar-refractivity contribution >= 4 is 17.6 Å². The van der Waals surface area contributed by atoms with Crippen LogP contribution in [0.4, 0.5) is 5.69 Å². The first-order valence-electron chi connectivity index (χ1n) is 9.91. The Bertz CT molecular complexity index is 738. The Balaban J connectivity index is 1.73. The lowest BCUT2D eigenvalue weighted by atomic mass is 10.1. The lowest BCUT2D eigenvalue weighted by molar-refractivity contribution is -0.119. The number of carbonyl (C=O) groups excluding carboxylic acids is 2. The fraction of sp³-hybridized carbons (Fsp3) is 0.391. The Morgan fingerprint density at radius 2 is 1.61 bits per heavy atom. The molecule has 2 aromatic rings. The van der Waals surface area contributed by atoms with Gasteiger partial charge >= 0.3 is 5.97 Å². The molecular weight excluding hydrogens is 354 g/mol. The molecule has 28 heavy (non-hydrogen) atoms. The Labute approximate surface area is 167 Å². The third-order valence-electron chi connectivity index (χ3n) is 4.34. The summed E-state index contributed by atoms with van der Waals surface area (Å²) in [6.45, 7) is 4.58. The smallest absolute Gasteiger partial charge is 0.338 e. The second-order valence-corrected chi connectivity index (χ2v) is 6.61. The van der Waals surface area contributed by atoms with Gasteiger partial charge in [-0.1, -0.05) is 45.2 Å². The zero-order chi connectivity index (χ0) is 20.2. The van der Waals surface area contributed by atoms with Crippen molar-refractivity contribution < 1.29 is 19.1 Å². The van der Waals surface area contributed by atoms with E-state index in [1.165, 1.54) is 18.4 Å². The topological polar surface area (TPSA) is 64.6 Å². The number of hydrogen-bond donors (Lipinski definition) is 1. The van der Waals surface area contributed by atoms with Crippen molar-refractivity contribution in [1.29, 1.82) is 0 Å². The van der Waals surface area contributed by atoms with E-state index in [0.717, 1.165) is 25.0 Å². The fourth-order valence-corrected chi connectivity index (χ4v) is 2.64. The van der Waals surface area contributed by atoms with Crippen LogP contribution in [0.25, 0.3) is 0 Å². The van der Waals surface area contributed by atoms with E-state index in [1.807, 2.05) is 24.3 Å². The third-order valence-corrected chi connectivity index (χ3v) is 4.34. The second kappa shape index (κ2) is 11.8. The number of unbranched alkanes of at least 4 members (excludes halogenated alkanes) is 3. The van der Waals surface area contributed by atoms with Crippen LogP contribution >= 0.6 is 0 Å². The van der Waals surface area contributed by atoms with Gasteiger partial charge in [-0.15, -0.1) is 0 Å². The SMILES string of the molecule is CCCCCCOc1ccc(C(=O)OCC(=O)Nc2ccc(CC)cc2)cc1. The molecule has 0 aliphatic heterocycles. The molecule has 0 bridgehead atoms. The van der Waals surface area contributed by atoms with Crippen LogP contribution in [0.3, 0.4) is 0 Å². The molecule has 0 spiro atoms. The van der Waals surface area contributed by atoms with E-state index in [9.17, 15) is 9.59 Å². The van der Waals surface area contributed by atoms with Gasteiger partial charge in [0.15, 0.2) is 6.61 Å². The maximum Gasteiger partial charge on any atom is 0.338 e. The first-order valence-corrected chi connectivity index (χ1v) is 9.91. The lowest BCUT2D eigenvalue weighted by Crippen LogP contribution is -2.20. The van der Waals surface area contributed by atoms with Crippen molar-refractivity contribution in [1.82, 2.24) is 0 Å². The lowest BCUT2D eigenvalue weighted by Gasteiger charge is -2.08. The predicted octanol–water partition coefficient (Wildman–Crippen LogP) is 5.00. The molecule has 0 atom stereocenters. The average molecular weight is 383 g/mol. The van der Waals surface area contributed by atoms with Crippen LogP contribution in [-0.4, -0.2) is 25.1 Å². The van der Waals surface area contributed by atoms with Gasteiger partial charge in [0.05, 0.1) is 12.2 Å². The van der Waals surface area contributed by atoms with E-state index in [0.29, 0.717) is 17.9 Å². The maximum absolute atomic E-state index is 12.1. The molecule has 5 nitrogen and oxygen atoms in total. The van der Waals surface area contributed by atoms with E-state index < -0.39 is 5.97 Å². The Morgan fingerprint density at radius 1 is 0.893 bits per heavy atom. The number of hydrogen-bond acceptors (Lipinski definition) is 4. The number of esters is 1. The van der Waals surface area contributed by atoms with Gasteiger partial charge in [0.1, 0.15) is 5.75 Å². The summed E-state index contributed by atoms with van der Waals surface area (Å²) in [5.74, 6) is -0.183. The predicted molar refractivity (Wildman–Crippen MR) is 111 cm³/mol. The molecule has 0 radical (unpaired) electrons. The summed E-state index contributed by atoms with van der Waals surface area (Å²) in [7, 11) is 0. The van der Waals surface area contributed by atoms with E-state index >= 15 is 0 Å². The van der Waals surface area contributed by atoms with Crippen molar-refractivity contribution in [3.8, 4) is 5.75 Å². The molecule has 0 fully saturated rings. The fourth-order valence-electron chi connectivity index (χ4n) is 2.64. The number of ether oxygens (including phenoxy) is 2. The van der Waals surface area contributed by atoms with Gasteiger partial charge in [-0.25, -0.2) is 4.79 Å². The molecule has 0 aliphatic rings. The molecular formula is C23H29NO4. The van der Waals surface area contributed by atoms with Gasteiger partial charge < -0.3 is 14.8 Å². The molecule has 2 rings (SSSR count). The number of carbonyl (C=O) groups is 2. The van der Waals surface area contributed by atoms with Crippen LogP contribution in [-0.2, 0) is 16.0 Å². The van der Waals surface area contributed by atoms with Crippen LogP contribution in [0, 0.1) is 0 Å². The first-order chi connectivity index (χ1) is 13.6. The molecule has 0 aromatic heterocycles. The van der Waals surface area contributed by atoms with Crippen molar-refractivity contribution in [2.75, 3.05) is 18.5 Å². The van der Waals surface area contributed by atoms with E-state index in [-0.39, 0.29) is 12.5 Å². The number of aryl methyl sites for hydroxylation is 1. The van der Waals surface area contributed by atoms with Crippen LogP contribution in [0.15, 0.2) is 48.5 Å². The average Bonchev–Trinajstić information content (AvgIpc) is 2.73. The Morgan fingerprint density at radius 3 is 2.25 bits per heavy atom. The first kappa shape index (κ1) is 21.5. The minimum Gasteiger partial charge on any atom is -0.494 e. The van der Waals surface area contributed by atoms with Gasteiger partial charge in [-0.3, -0.25) is 4.79 Å². The number of amides is 1. The highest BCUT2D eigenvalue weighted by molar-refractivity contribution is 5.95. The highest BCUT2D eigenvalue weighted by atomic mass is 16.5. The standard InChI is InChI=1S/C23H29NO4/c1-3-5-6-7-16-27-21-14-10-19(11-15-21)23(26)28-17-22(25)24-20-12-8-18(4-2)9-13-20/h8-15H,3-7,16-17H2,1-2H3,(H,24,25). The van der Waals surface area contributed by atoms with Crippen molar-refractivity contribution in [2.45, 2.75) is 46.0 Å². The number of rotatable bonds is 11. The van der Waals surface area contributed by atoms with Gasteiger partial charge in [0.25, 0.3) is 5.91 Å². The van der Waals surface area contributed by atoms with Crippen molar-refractivity contribution in [2.24, 2.45) is 0 Å².